The van der Waals surface area contributed by atoms with Gasteiger partial charge in [-0.05, 0) is 106 Å². The molecule has 0 spiro atoms. The molecule has 0 radical (unpaired) electrons. The van der Waals surface area contributed by atoms with E-state index in [1.165, 1.54) is 0 Å². The van der Waals surface area contributed by atoms with Gasteiger partial charge in [-0.2, -0.15) is 0 Å². The summed E-state index contributed by atoms with van der Waals surface area (Å²) in [6, 6.07) is 5.74. The average Bonchev–Trinajstić information content (AvgIpc) is 3.14. The maximum atomic E-state index is 16.0. The molecule has 0 aliphatic heterocycles. The summed E-state index contributed by atoms with van der Waals surface area (Å²) in [5.41, 5.74) is 28.0. The number of hydrazine groups is 4. The summed E-state index contributed by atoms with van der Waals surface area (Å²) in [6.45, 7) is 7.03. The number of anilines is 4. The zero-order chi connectivity index (χ0) is 40.6. The second kappa shape index (κ2) is 13.6. The molecule has 8 amide bonds. The molecule has 16 N–H and O–H groups in total. The molecular formula is C36H42N12O6S. The number of urea groups is 4. The van der Waals surface area contributed by atoms with Crippen LogP contribution in [-0.4, -0.2) is 32.5 Å². The van der Waals surface area contributed by atoms with Gasteiger partial charge in [-0.3, -0.25) is 0 Å². The molecule has 55 heavy (non-hydrogen) atoms. The van der Waals surface area contributed by atoms with Crippen LogP contribution in [0.1, 0.15) is 49.9 Å². The van der Waals surface area contributed by atoms with E-state index in [4.69, 9.17) is 46.3 Å². The first-order valence-corrected chi connectivity index (χ1v) is 18.7. The van der Waals surface area contributed by atoms with Gasteiger partial charge >= 0.3 is 24.1 Å². The van der Waals surface area contributed by atoms with Crippen molar-refractivity contribution in [2.24, 2.45) is 46.3 Å². The number of hydrogen-bond donors (Lipinski definition) is 8. The number of primary amides is 4. The van der Waals surface area contributed by atoms with Crippen molar-refractivity contribution in [1.82, 2.24) is 0 Å². The highest BCUT2D eigenvalue weighted by atomic mass is 32.2. The van der Waals surface area contributed by atoms with Crippen LogP contribution >= 0.6 is 0 Å². The van der Waals surface area contributed by atoms with E-state index in [1.807, 2.05) is 13.8 Å². The number of carbonyl (C=O) groups excluding carboxylic acids is 4. The molecule has 0 fully saturated rings. The van der Waals surface area contributed by atoms with E-state index in [2.05, 4.69) is 0 Å². The zero-order valence-corrected chi connectivity index (χ0v) is 31.4. The number of fused-ring (bicyclic) bond motifs is 8. The van der Waals surface area contributed by atoms with E-state index in [-0.39, 0.29) is 67.6 Å². The summed E-state index contributed by atoms with van der Waals surface area (Å²) in [4.78, 5) is 49.2. The quantitative estimate of drug-likeness (QED) is 0.0571. The lowest BCUT2D eigenvalue weighted by atomic mass is 9.75. The number of rotatable bonds is 10. The van der Waals surface area contributed by atoms with Gasteiger partial charge in [-0.1, -0.05) is 39.8 Å². The van der Waals surface area contributed by atoms with Crippen LogP contribution in [0.4, 0.5) is 41.9 Å². The first kappa shape index (κ1) is 38.5. The van der Waals surface area contributed by atoms with E-state index in [1.54, 1.807) is 50.2 Å². The lowest BCUT2D eigenvalue weighted by molar-refractivity contribution is 0.253. The first-order valence-electron chi connectivity index (χ1n) is 17.3. The Balaban J connectivity index is 1.80. The molecule has 4 aromatic carbocycles. The zero-order valence-electron chi connectivity index (χ0n) is 30.6. The number of amides is 8. The Hall–Kier alpha value is -6.25. The molecule has 288 valence electrons. The minimum atomic E-state index is -4.77. The van der Waals surface area contributed by atoms with E-state index >= 15 is 8.42 Å². The van der Waals surface area contributed by atoms with E-state index < -0.39 is 34.0 Å². The van der Waals surface area contributed by atoms with Gasteiger partial charge in [-0.15, -0.1) is 0 Å². The summed E-state index contributed by atoms with van der Waals surface area (Å²) < 4.78 is 32.0. The lowest BCUT2D eigenvalue weighted by Gasteiger charge is -2.37. The monoisotopic (exact) mass is 770 g/mol. The van der Waals surface area contributed by atoms with Crippen molar-refractivity contribution in [3.8, 4) is 44.5 Å². The Morgan fingerprint density at radius 3 is 1.02 bits per heavy atom. The number of nitrogens with zero attached hydrogens (tertiary/aromatic N) is 4. The van der Waals surface area contributed by atoms with Crippen molar-refractivity contribution in [1.29, 1.82) is 0 Å². The molecule has 19 heteroatoms. The molecule has 18 nitrogen and oxygen atoms in total. The number of nitrogens with two attached hydrogens (primary N) is 8. The van der Waals surface area contributed by atoms with Crippen molar-refractivity contribution >= 4 is 56.7 Å². The molecule has 0 atom stereocenters. The number of carbonyl (C=O) groups is 4. The highest BCUT2D eigenvalue weighted by molar-refractivity contribution is 7.92. The van der Waals surface area contributed by atoms with Gasteiger partial charge in [-0.25, -0.2) is 71.0 Å². The number of sulfone groups is 1. The first-order chi connectivity index (χ1) is 25.9. The van der Waals surface area contributed by atoms with Gasteiger partial charge in [0, 0.05) is 11.1 Å². The fourth-order valence-electron chi connectivity index (χ4n) is 7.91. The lowest BCUT2D eigenvalue weighted by Crippen LogP contribution is -2.43. The van der Waals surface area contributed by atoms with Crippen LogP contribution in [0.15, 0.2) is 46.2 Å². The van der Waals surface area contributed by atoms with Gasteiger partial charge in [0.05, 0.1) is 32.5 Å². The van der Waals surface area contributed by atoms with Crippen LogP contribution in [0.25, 0.3) is 44.5 Å². The standard InChI is InChI=1S/C36H42N12O6S/c1-5-15-23(45(41)33(37)49)11-9-19-21-13-25(47(43)35(39)51)17(7-3)31(29(21)27(15)19)55(53,54)32-18(8-4)26(48(44)36(40)52)14-22-20-10-12-24(46(42)34(38)50)16(6-2)28(20)30(22)32/h9-14H,5-8,41-44H2,1-4H3,(H2,37,49)(H2,38,50)(H2,39,51)(H2,40,52). The van der Waals surface area contributed by atoms with Crippen molar-refractivity contribution < 1.29 is 27.6 Å². The molecule has 2 aliphatic rings. The van der Waals surface area contributed by atoms with Gasteiger partial charge in [0.25, 0.3) is 0 Å². The molecule has 0 bridgehead atoms. The van der Waals surface area contributed by atoms with Crippen LogP contribution in [-0.2, 0) is 35.5 Å². The molecule has 0 saturated heterocycles. The predicted octanol–water partition coefficient (Wildman–Crippen LogP) is 3.10. The molecule has 4 aromatic rings. The van der Waals surface area contributed by atoms with Gasteiger partial charge < -0.3 is 22.9 Å². The second-order valence-electron chi connectivity index (χ2n) is 13.0. The van der Waals surface area contributed by atoms with Crippen molar-refractivity contribution in [3.05, 3.63) is 58.7 Å². The molecular weight excluding hydrogens is 729 g/mol. The second-order valence-corrected chi connectivity index (χ2v) is 14.8. The Kier molecular flexibility index (Phi) is 9.48. The van der Waals surface area contributed by atoms with Crippen molar-refractivity contribution in [3.63, 3.8) is 0 Å². The fourth-order valence-corrected chi connectivity index (χ4v) is 10.2. The van der Waals surface area contributed by atoms with Crippen LogP contribution < -0.4 is 66.3 Å². The summed E-state index contributed by atoms with van der Waals surface area (Å²) in [6.07, 6.45) is 0.717. The summed E-state index contributed by atoms with van der Waals surface area (Å²) in [7, 11) is -4.77. The Morgan fingerprint density at radius 2 is 0.745 bits per heavy atom. The SMILES string of the molecule is CCc1c(N(N)C(N)=O)ccc2c1-c1c-2cc(N(N)C(N)=O)c(CC)c1S(=O)(=O)c1c(CC)c(N(N)C(N)=O)cc2c1-c1c-2ccc(N(N)C(N)=O)c1CC. The summed E-state index contributed by atoms with van der Waals surface area (Å²) >= 11 is 0. The number of benzene rings is 4. The van der Waals surface area contributed by atoms with Crippen LogP contribution in [0, 0.1) is 0 Å². The normalized spacial score (nSPS) is 11.9. The highest BCUT2D eigenvalue weighted by Crippen LogP contribution is 2.61. The van der Waals surface area contributed by atoms with E-state index in [0.717, 1.165) is 10.0 Å². The Labute approximate surface area is 316 Å². The van der Waals surface area contributed by atoms with Gasteiger partial charge in [0.2, 0.25) is 9.84 Å². The molecule has 6 rings (SSSR count). The van der Waals surface area contributed by atoms with Crippen LogP contribution in [0.2, 0.25) is 0 Å². The Bertz CT molecular complexity index is 2340. The molecule has 0 aromatic heterocycles. The van der Waals surface area contributed by atoms with Crippen LogP contribution in [0.3, 0.4) is 0 Å². The minimum absolute atomic E-state index is 0.0421. The molecule has 0 unspecified atom stereocenters. The maximum absolute atomic E-state index is 16.0. The summed E-state index contributed by atoms with van der Waals surface area (Å²) in [5, 5.41) is 2.92. The van der Waals surface area contributed by atoms with E-state index in [0.29, 0.717) is 67.4 Å². The summed E-state index contributed by atoms with van der Waals surface area (Å²) in [5.74, 6) is 24.6. The maximum Gasteiger partial charge on any atom is 0.333 e. The third-order valence-corrected chi connectivity index (χ3v) is 12.3. The topological polar surface area (TPSA) is 324 Å². The largest absolute Gasteiger partial charge is 0.350 e. The van der Waals surface area contributed by atoms with Gasteiger partial charge in [0.1, 0.15) is 0 Å². The van der Waals surface area contributed by atoms with Crippen molar-refractivity contribution in [2.45, 2.75) is 63.2 Å². The Morgan fingerprint density at radius 1 is 0.455 bits per heavy atom. The average molecular weight is 771 g/mol. The van der Waals surface area contributed by atoms with Crippen molar-refractivity contribution in [2.75, 3.05) is 20.0 Å². The number of hydrogen-bond acceptors (Lipinski definition) is 10. The predicted molar refractivity (Wildman–Crippen MR) is 210 cm³/mol. The molecule has 2 aliphatic carbocycles. The van der Waals surface area contributed by atoms with Crippen LogP contribution in [0.5, 0.6) is 0 Å². The third kappa shape index (κ3) is 5.42. The van der Waals surface area contributed by atoms with Gasteiger partial charge in [0.15, 0.2) is 0 Å². The fraction of sp³-hybridized carbons (Fsp3) is 0.222. The van der Waals surface area contributed by atoms with E-state index in [9.17, 15) is 19.2 Å². The molecule has 0 saturated carbocycles. The smallest absolute Gasteiger partial charge is 0.333 e. The minimum Gasteiger partial charge on any atom is -0.350 e. The third-order valence-electron chi connectivity index (χ3n) is 10.3. The molecule has 0 heterocycles. The highest BCUT2D eigenvalue weighted by Gasteiger charge is 2.44.